The number of carbonyl (C=O) groups excluding carboxylic acids is 3. The number of hydrogen-bond acceptors (Lipinski definition) is 7. The van der Waals surface area contributed by atoms with Crippen LogP contribution in [0.25, 0.3) is 0 Å². The van der Waals surface area contributed by atoms with Crippen LogP contribution < -0.4 is 10.0 Å². The Morgan fingerprint density at radius 2 is 1.60 bits per heavy atom. The van der Waals surface area contributed by atoms with Crippen molar-refractivity contribution in [2.24, 2.45) is 4.99 Å². The van der Waals surface area contributed by atoms with E-state index in [9.17, 15) is 22.8 Å². The number of rotatable bonds is 5. The smallest absolute Gasteiger partial charge is 0.408 e. The molecule has 1 aliphatic carbocycles. The molecule has 2 aromatic carbocycles. The fourth-order valence-corrected chi connectivity index (χ4v) is 4.56. The molecule has 0 unspecified atom stereocenters. The van der Waals surface area contributed by atoms with Crippen molar-refractivity contribution in [1.82, 2.24) is 10.0 Å². The normalized spacial score (nSPS) is 18.1. The highest BCUT2D eigenvalue weighted by Gasteiger charge is 2.39. The second-order valence-electron chi connectivity index (χ2n) is 6.67. The van der Waals surface area contributed by atoms with Crippen molar-refractivity contribution >= 4 is 33.5 Å². The van der Waals surface area contributed by atoms with Gasteiger partial charge in [-0.3, -0.25) is 19.3 Å². The molecule has 0 atom stereocenters. The molecule has 4 rings (SSSR count). The molecule has 1 amide bonds. The number of carbonyl (C=O) groups is 3. The highest BCUT2D eigenvalue weighted by atomic mass is 32.2. The molecular formula is C20H17N3O6S. The molecule has 30 heavy (non-hydrogen) atoms. The first-order valence-corrected chi connectivity index (χ1v) is 10.6. The highest BCUT2D eigenvalue weighted by molar-refractivity contribution is 7.90. The molecule has 0 saturated heterocycles. The van der Waals surface area contributed by atoms with E-state index >= 15 is 0 Å². The molecule has 2 N–H and O–H groups in total. The number of nitrogens with one attached hydrogen (secondary N) is 2. The van der Waals surface area contributed by atoms with Crippen LogP contribution >= 0.6 is 0 Å². The lowest BCUT2D eigenvalue weighted by Gasteiger charge is -2.10. The van der Waals surface area contributed by atoms with Crippen molar-refractivity contribution in [3.63, 3.8) is 0 Å². The van der Waals surface area contributed by atoms with Gasteiger partial charge in [0.25, 0.3) is 10.0 Å². The van der Waals surface area contributed by atoms with Crippen LogP contribution in [0.15, 0.2) is 58.4 Å². The predicted octanol–water partition coefficient (Wildman–Crippen LogP) is 1.29. The summed E-state index contributed by atoms with van der Waals surface area (Å²) in [5, 5.41) is 2.29. The van der Waals surface area contributed by atoms with Crippen molar-refractivity contribution in [2.45, 2.75) is 17.4 Å². The van der Waals surface area contributed by atoms with Crippen molar-refractivity contribution in [3.8, 4) is 0 Å². The largest absolute Gasteiger partial charge is 0.449 e. The maximum absolute atomic E-state index is 12.3. The van der Waals surface area contributed by atoms with Crippen LogP contribution in [-0.2, 0) is 14.8 Å². The average molecular weight is 427 g/mol. The molecule has 10 heteroatoms. The first-order chi connectivity index (χ1) is 14.4. The molecule has 0 aromatic heterocycles. The number of fused-ring (bicyclic) bond motifs is 2. The SMILES string of the molecule is O=C(NC1C(=O)c2ccccc2C1=O)OCCCN=C1NS(=O)(=O)c2ccccc21. The third-order valence-corrected chi connectivity index (χ3v) is 6.11. The highest BCUT2D eigenvalue weighted by Crippen LogP contribution is 2.23. The van der Waals surface area contributed by atoms with E-state index < -0.39 is 33.7 Å². The van der Waals surface area contributed by atoms with Crippen molar-refractivity contribution < 1.29 is 27.5 Å². The van der Waals surface area contributed by atoms with Crippen LogP contribution in [0.2, 0.25) is 0 Å². The van der Waals surface area contributed by atoms with Gasteiger partial charge in [0.15, 0.2) is 17.6 Å². The van der Waals surface area contributed by atoms with Gasteiger partial charge in [-0.2, -0.15) is 0 Å². The van der Waals surface area contributed by atoms with E-state index in [2.05, 4.69) is 15.0 Å². The number of aliphatic imine (C=N–C) groups is 1. The summed E-state index contributed by atoms with van der Waals surface area (Å²) in [4.78, 5) is 40.8. The summed E-state index contributed by atoms with van der Waals surface area (Å²) in [6.07, 6.45) is -0.554. The van der Waals surface area contributed by atoms with E-state index in [0.29, 0.717) is 12.0 Å². The number of hydrogen-bond donors (Lipinski definition) is 2. The molecule has 0 fully saturated rings. The Morgan fingerprint density at radius 3 is 2.27 bits per heavy atom. The first kappa shape index (κ1) is 19.8. The van der Waals surface area contributed by atoms with Gasteiger partial charge in [-0.05, 0) is 12.1 Å². The van der Waals surface area contributed by atoms with Crippen LogP contribution in [-0.4, -0.2) is 51.1 Å². The van der Waals surface area contributed by atoms with Crippen molar-refractivity contribution in [2.75, 3.05) is 13.2 Å². The first-order valence-electron chi connectivity index (χ1n) is 9.16. The minimum absolute atomic E-state index is 0.0148. The molecule has 1 heterocycles. The number of benzene rings is 2. The van der Waals surface area contributed by atoms with Gasteiger partial charge >= 0.3 is 6.09 Å². The molecule has 0 bridgehead atoms. The zero-order valence-corrected chi connectivity index (χ0v) is 16.4. The Bertz CT molecular complexity index is 1150. The van der Waals surface area contributed by atoms with Crippen LogP contribution in [0.4, 0.5) is 4.79 Å². The van der Waals surface area contributed by atoms with Crippen LogP contribution in [0, 0.1) is 0 Å². The van der Waals surface area contributed by atoms with Gasteiger partial charge < -0.3 is 10.1 Å². The van der Waals surface area contributed by atoms with E-state index in [-0.39, 0.29) is 35.0 Å². The van der Waals surface area contributed by atoms with Crippen LogP contribution in [0.1, 0.15) is 32.7 Å². The molecule has 2 aromatic rings. The Kier molecular flexibility index (Phi) is 5.08. The molecule has 0 spiro atoms. The topological polar surface area (TPSA) is 131 Å². The van der Waals surface area contributed by atoms with Gasteiger partial charge in [0.1, 0.15) is 5.84 Å². The van der Waals surface area contributed by atoms with Gasteiger partial charge in [0.05, 0.1) is 11.5 Å². The van der Waals surface area contributed by atoms with Gasteiger partial charge in [0.2, 0.25) is 0 Å². The summed E-state index contributed by atoms with van der Waals surface area (Å²) in [5.41, 5.74) is 1.06. The lowest BCUT2D eigenvalue weighted by molar-refractivity contribution is 0.0845. The Labute approximate surface area is 172 Å². The number of ketones is 2. The lowest BCUT2D eigenvalue weighted by atomic mass is 10.1. The Balaban J connectivity index is 1.27. The van der Waals surface area contributed by atoms with Gasteiger partial charge in [0, 0.05) is 29.7 Å². The fraction of sp³-hybridized carbons (Fsp3) is 0.200. The van der Waals surface area contributed by atoms with Gasteiger partial charge in [-0.15, -0.1) is 0 Å². The zero-order chi connectivity index (χ0) is 21.3. The third-order valence-electron chi connectivity index (χ3n) is 4.71. The number of alkyl carbamates (subject to hydrolysis) is 1. The number of amidine groups is 1. The van der Waals surface area contributed by atoms with Crippen LogP contribution in [0.3, 0.4) is 0 Å². The third kappa shape index (κ3) is 3.57. The van der Waals surface area contributed by atoms with Gasteiger partial charge in [-0.1, -0.05) is 36.4 Å². The number of amides is 1. The average Bonchev–Trinajstić information content (AvgIpc) is 3.14. The summed E-state index contributed by atoms with van der Waals surface area (Å²) in [6.45, 7) is 0.200. The second kappa shape index (κ2) is 7.71. The van der Waals surface area contributed by atoms with E-state index in [0.717, 1.165) is 0 Å². The molecule has 9 nitrogen and oxygen atoms in total. The maximum Gasteiger partial charge on any atom is 0.408 e. The van der Waals surface area contributed by atoms with Crippen molar-refractivity contribution in [1.29, 1.82) is 0 Å². The second-order valence-corrected chi connectivity index (χ2v) is 8.32. The predicted molar refractivity (Wildman–Crippen MR) is 106 cm³/mol. The summed E-state index contributed by atoms with van der Waals surface area (Å²) in [5.74, 6) is -0.688. The minimum Gasteiger partial charge on any atom is -0.449 e. The number of Topliss-reactive ketones (excluding diaryl/α,β-unsaturated/α-hetero) is 2. The lowest BCUT2D eigenvalue weighted by Crippen LogP contribution is -2.42. The Hall–Kier alpha value is -3.53. The summed E-state index contributed by atoms with van der Waals surface area (Å²) < 4.78 is 31.4. The number of ether oxygens (including phenoxy) is 1. The fourth-order valence-electron chi connectivity index (χ4n) is 3.31. The molecule has 0 radical (unpaired) electrons. The van der Waals surface area contributed by atoms with E-state index in [1.165, 1.54) is 18.2 Å². The molecule has 2 aliphatic rings. The molecular weight excluding hydrogens is 410 g/mol. The quantitative estimate of drug-likeness (QED) is 0.546. The maximum atomic E-state index is 12.3. The number of nitrogens with zero attached hydrogens (tertiary/aromatic N) is 1. The van der Waals surface area contributed by atoms with Gasteiger partial charge in [-0.25, -0.2) is 13.2 Å². The molecule has 0 saturated carbocycles. The van der Waals surface area contributed by atoms with E-state index in [1.807, 2.05) is 0 Å². The monoisotopic (exact) mass is 427 g/mol. The van der Waals surface area contributed by atoms with Crippen LogP contribution in [0.5, 0.6) is 0 Å². The summed E-state index contributed by atoms with van der Waals surface area (Å²) in [6, 6.07) is 11.6. The summed E-state index contributed by atoms with van der Waals surface area (Å²) in [7, 11) is -3.60. The number of sulfonamides is 1. The minimum atomic E-state index is -3.60. The molecule has 154 valence electrons. The zero-order valence-electron chi connectivity index (χ0n) is 15.6. The van der Waals surface area contributed by atoms with E-state index in [1.54, 1.807) is 30.3 Å². The molecule has 1 aliphatic heterocycles. The van der Waals surface area contributed by atoms with E-state index in [4.69, 9.17) is 4.74 Å². The summed E-state index contributed by atoms with van der Waals surface area (Å²) >= 11 is 0. The van der Waals surface area contributed by atoms with Crippen molar-refractivity contribution in [3.05, 3.63) is 65.2 Å². The Morgan fingerprint density at radius 1 is 1.00 bits per heavy atom. The standard InChI is InChI=1S/C20H17N3O6S/c24-17-12-6-1-2-7-13(12)18(25)16(17)22-20(26)29-11-5-10-21-19-14-8-3-4-9-15(14)30(27,28)23-19/h1-4,6-9,16H,5,10-11H2,(H,21,23)(H,22,26).